The number of nitrogens with one attached hydrogen (secondary N) is 2. The van der Waals surface area contributed by atoms with E-state index in [2.05, 4.69) is 30.6 Å². The molecule has 2 heterocycles. The summed E-state index contributed by atoms with van der Waals surface area (Å²) in [6.07, 6.45) is 2.32. The van der Waals surface area contributed by atoms with Gasteiger partial charge in [-0.2, -0.15) is 5.26 Å². The molecule has 0 aromatic heterocycles. The highest BCUT2D eigenvalue weighted by Gasteiger charge is 2.69. The maximum atomic E-state index is 13.2. The molecule has 2 N–H and O–H groups in total. The molecule has 7 nitrogen and oxygen atoms in total. The normalized spacial score (nSPS) is 31.3. The molecule has 0 unspecified atom stereocenters. The summed E-state index contributed by atoms with van der Waals surface area (Å²) in [5.74, 6) is -0.0949. The summed E-state index contributed by atoms with van der Waals surface area (Å²) in [7, 11) is 0. The first-order valence-electron chi connectivity index (χ1n) is 10.7. The summed E-state index contributed by atoms with van der Waals surface area (Å²) < 4.78 is 0. The topological polar surface area (TPSA) is 102 Å². The molecule has 3 amide bonds. The quantitative estimate of drug-likeness (QED) is 0.732. The molecule has 0 spiro atoms. The van der Waals surface area contributed by atoms with Crippen molar-refractivity contribution in [3.05, 3.63) is 0 Å². The van der Waals surface area contributed by atoms with Crippen molar-refractivity contribution in [2.45, 2.75) is 72.4 Å². The molecule has 160 valence electrons. The number of amides is 3. The molecule has 0 aromatic carbocycles. The lowest BCUT2D eigenvalue weighted by Crippen LogP contribution is -2.53. The second kappa shape index (κ2) is 7.62. The van der Waals surface area contributed by atoms with E-state index in [1.54, 1.807) is 4.90 Å². The molecule has 2 saturated heterocycles. The minimum absolute atomic E-state index is 0.000756. The Hall–Kier alpha value is -2.10. The molecule has 7 heteroatoms. The Morgan fingerprint density at radius 1 is 1.38 bits per heavy atom. The number of carbonyl (C=O) groups excluding carboxylic acids is 3. The highest BCUT2D eigenvalue weighted by atomic mass is 16.2. The Morgan fingerprint density at radius 2 is 2.07 bits per heavy atom. The number of nitrogens with zero attached hydrogens (tertiary/aromatic N) is 2. The van der Waals surface area contributed by atoms with Gasteiger partial charge in [0.2, 0.25) is 17.7 Å². The van der Waals surface area contributed by atoms with Gasteiger partial charge in [0.1, 0.15) is 12.1 Å². The monoisotopic (exact) mass is 402 g/mol. The van der Waals surface area contributed by atoms with E-state index in [1.807, 2.05) is 20.8 Å². The van der Waals surface area contributed by atoms with Crippen molar-refractivity contribution in [1.29, 1.82) is 5.26 Å². The minimum atomic E-state index is -0.725. The van der Waals surface area contributed by atoms with Gasteiger partial charge in [0.05, 0.1) is 6.07 Å². The van der Waals surface area contributed by atoms with Crippen LogP contribution in [0.25, 0.3) is 0 Å². The van der Waals surface area contributed by atoms with E-state index in [1.165, 1.54) is 0 Å². The molecule has 0 radical (unpaired) electrons. The predicted molar refractivity (Wildman–Crippen MR) is 108 cm³/mol. The van der Waals surface area contributed by atoms with E-state index in [0.717, 1.165) is 12.8 Å². The largest absolute Gasteiger partial charge is 0.356 e. The summed E-state index contributed by atoms with van der Waals surface area (Å²) in [5.41, 5.74) is -0.115. The van der Waals surface area contributed by atoms with Crippen LogP contribution in [0.4, 0.5) is 0 Å². The average Bonchev–Trinajstić information content (AvgIpc) is 2.97. The zero-order valence-electron chi connectivity index (χ0n) is 18.2. The van der Waals surface area contributed by atoms with Crippen LogP contribution in [0.3, 0.4) is 0 Å². The fourth-order valence-corrected chi connectivity index (χ4v) is 5.14. The van der Waals surface area contributed by atoms with Gasteiger partial charge in [0.15, 0.2) is 0 Å². The van der Waals surface area contributed by atoms with Crippen LogP contribution in [0, 0.1) is 39.9 Å². The van der Waals surface area contributed by atoms with Gasteiger partial charge in [0.25, 0.3) is 0 Å². The van der Waals surface area contributed by atoms with Gasteiger partial charge >= 0.3 is 0 Å². The molecule has 1 saturated carbocycles. The SMILES string of the molecule is CC(C)(C)CC(=O)N1C[C@H]2[C@@H]([C@H]1C(=O)N[C@H](C#N)C[C@@H]1CCCNC1=O)C2(C)C. The number of hydrogen-bond donors (Lipinski definition) is 2. The molecule has 1 aliphatic carbocycles. The van der Waals surface area contributed by atoms with E-state index in [0.29, 0.717) is 31.8 Å². The van der Waals surface area contributed by atoms with Crippen molar-refractivity contribution in [3.8, 4) is 6.07 Å². The van der Waals surface area contributed by atoms with Crippen LogP contribution in [-0.2, 0) is 14.4 Å². The second-order valence-corrected chi connectivity index (χ2v) is 10.7. The third-order valence-corrected chi connectivity index (χ3v) is 6.87. The number of piperidine rings is 2. The Kier molecular flexibility index (Phi) is 5.68. The first-order chi connectivity index (χ1) is 13.5. The molecule has 0 aromatic rings. The fraction of sp³-hybridized carbons (Fsp3) is 0.818. The van der Waals surface area contributed by atoms with Gasteiger partial charge in [0, 0.05) is 25.4 Å². The molecule has 0 bridgehead atoms. The molecule has 3 aliphatic rings. The van der Waals surface area contributed by atoms with Crippen LogP contribution in [0.1, 0.15) is 60.3 Å². The Morgan fingerprint density at radius 3 is 2.66 bits per heavy atom. The number of hydrogen-bond acceptors (Lipinski definition) is 4. The fourth-order valence-electron chi connectivity index (χ4n) is 5.14. The molecule has 29 heavy (non-hydrogen) atoms. The molecule has 2 aliphatic heterocycles. The maximum Gasteiger partial charge on any atom is 0.244 e. The first-order valence-corrected chi connectivity index (χ1v) is 10.7. The van der Waals surface area contributed by atoms with E-state index in [4.69, 9.17) is 0 Å². The molecule has 5 atom stereocenters. The third-order valence-electron chi connectivity index (χ3n) is 6.87. The van der Waals surface area contributed by atoms with Crippen molar-refractivity contribution in [2.24, 2.45) is 28.6 Å². The molecule has 3 rings (SSSR count). The number of likely N-dealkylation sites (tertiary alicyclic amines) is 1. The Labute approximate surface area is 173 Å². The van der Waals surface area contributed by atoms with Gasteiger partial charge in [-0.1, -0.05) is 34.6 Å². The zero-order valence-corrected chi connectivity index (χ0v) is 18.2. The lowest BCUT2D eigenvalue weighted by Gasteiger charge is -2.33. The van der Waals surface area contributed by atoms with Crippen LogP contribution in [0.2, 0.25) is 0 Å². The zero-order chi connectivity index (χ0) is 21.6. The van der Waals surface area contributed by atoms with E-state index >= 15 is 0 Å². The van der Waals surface area contributed by atoms with Crippen molar-refractivity contribution >= 4 is 17.7 Å². The van der Waals surface area contributed by atoms with Crippen molar-refractivity contribution in [1.82, 2.24) is 15.5 Å². The van der Waals surface area contributed by atoms with Crippen molar-refractivity contribution in [3.63, 3.8) is 0 Å². The lowest BCUT2D eigenvalue weighted by molar-refractivity contribution is -0.142. The highest BCUT2D eigenvalue weighted by molar-refractivity contribution is 5.90. The van der Waals surface area contributed by atoms with E-state index < -0.39 is 12.1 Å². The summed E-state index contributed by atoms with van der Waals surface area (Å²) in [4.78, 5) is 39.8. The molecular formula is C22H34N4O3. The van der Waals surface area contributed by atoms with Gasteiger partial charge in [-0.05, 0) is 41.9 Å². The second-order valence-electron chi connectivity index (χ2n) is 10.7. The summed E-state index contributed by atoms with van der Waals surface area (Å²) in [5, 5.41) is 15.2. The van der Waals surface area contributed by atoms with Gasteiger partial charge < -0.3 is 15.5 Å². The summed E-state index contributed by atoms with van der Waals surface area (Å²) >= 11 is 0. The first kappa shape index (κ1) is 21.6. The van der Waals surface area contributed by atoms with E-state index in [9.17, 15) is 19.6 Å². The van der Waals surface area contributed by atoms with Crippen LogP contribution in [0.5, 0.6) is 0 Å². The summed E-state index contributed by atoms with van der Waals surface area (Å²) in [6, 6.07) is 0.888. The molecular weight excluding hydrogens is 368 g/mol. The minimum Gasteiger partial charge on any atom is -0.356 e. The molecule has 3 fully saturated rings. The number of rotatable bonds is 5. The number of nitriles is 1. The number of carbonyl (C=O) groups is 3. The smallest absolute Gasteiger partial charge is 0.244 e. The van der Waals surface area contributed by atoms with Crippen molar-refractivity contribution in [2.75, 3.05) is 13.1 Å². The van der Waals surface area contributed by atoms with Gasteiger partial charge in [-0.3, -0.25) is 14.4 Å². The van der Waals surface area contributed by atoms with E-state index in [-0.39, 0.29) is 40.4 Å². The summed E-state index contributed by atoms with van der Waals surface area (Å²) in [6.45, 7) is 11.6. The average molecular weight is 403 g/mol. The predicted octanol–water partition coefficient (Wildman–Crippen LogP) is 1.83. The lowest BCUT2D eigenvalue weighted by atomic mass is 9.90. The Bertz CT molecular complexity index is 733. The number of fused-ring (bicyclic) bond motifs is 1. The van der Waals surface area contributed by atoms with Crippen molar-refractivity contribution < 1.29 is 14.4 Å². The highest BCUT2D eigenvalue weighted by Crippen LogP contribution is 2.65. The van der Waals surface area contributed by atoms with Gasteiger partial charge in [-0.15, -0.1) is 0 Å². The van der Waals surface area contributed by atoms with Crippen LogP contribution < -0.4 is 10.6 Å². The standard InChI is InChI=1S/C22H34N4O3/c1-21(2,3)10-16(27)26-12-15-17(22(15,4)5)18(26)20(29)25-14(11-23)9-13-7-6-8-24-19(13)28/h13-15,17-18H,6-10,12H2,1-5H3,(H,24,28)(H,25,29)/t13-,14-,15-,17-,18-/m0/s1. The van der Waals surface area contributed by atoms with Crippen LogP contribution in [-0.4, -0.2) is 47.8 Å². The van der Waals surface area contributed by atoms with Gasteiger partial charge in [-0.25, -0.2) is 0 Å². The van der Waals surface area contributed by atoms with Crippen LogP contribution in [0.15, 0.2) is 0 Å². The maximum absolute atomic E-state index is 13.2. The van der Waals surface area contributed by atoms with Crippen LogP contribution >= 0.6 is 0 Å². The Balaban J connectivity index is 1.69. The third kappa shape index (κ3) is 4.41.